The van der Waals surface area contributed by atoms with Crippen LogP contribution in [-0.2, 0) is 7.05 Å². The molecule has 1 heterocycles. The van der Waals surface area contributed by atoms with Crippen LogP contribution in [0.4, 0.5) is 0 Å². The normalized spacial score (nSPS) is 28.6. The SMILES string of the molecule is CCNCC1CCC(C)CC1c1c(Br)nnn1C. The molecule has 1 fully saturated rings. The molecule has 1 aromatic heterocycles. The lowest BCUT2D eigenvalue weighted by Gasteiger charge is -2.35. The third-order valence-corrected chi connectivity index (χ3v) is 4.65. The van der Waals surface area contributed by atoms with Gasteiger partial charge in [0.2, 0.25) is 0 Å². The summed E-state index contributed by atoms with van der Waals surface area (Å²) in [5.74, 6) is 2.08. The van der Waals surface area contributed by atoms with Gasteiger partial charge < -0.3 is 5.32 Å². The van der Waals surface area contributed by atoms with Crippen LogP contribution in [0.1, 0.15) is 44.7 Å². The van der Waals surface area contributed by atoms with Crippen molar-refractivity contribution in [3.8, 4) is 0 Å². The van der Waals surface area contributed by atoms with Gasteiger partial charge in [-0.3, -0.25) is 4.68 Å². The zero-order valence-corrected chi connectivity index (χ0v) is 13.1. The summed E-state index contributed by atoms with van der Waals surface area (Å²) in [7, 11) is 2.00. The highest BCUT2D eigenvalue weighted by molar-refractivity contribution is 9.10. The molecule has 4 nitrogen and oxygen atoms in total. The van der Waals surface area contributed by atoms with Crippen LogP contribution in [0, 0.1) is 11.8 Å². The smallest absolute Gasteiger partial charge is 0.151 e. The average molecular weight is 315 g/mol. The summed E-state index contributed by atoms with van der Waals surface area (Å²) in [5, 5.41) is 11.8. The van der Waals surface area contributed by atoms with Crippen molar-refractivity contribution in [2.24, 2.45) is 18.9 Å². The summed E-state index contributed by atoms with van der Waals surface area (Å²) in [6.07, 6.45) is 3.89. The Bertz CT molecular complexity index is 369. The molecule has 18 heavy (non-hydrogen) atoms. The Kier molecular flexibility index (Phi) is 4.78. The number of aryl methyl sites for hydroxylation is 1. The lowest BCUT2D eigenvalue weighted by Crippen LogP contribution is -2.32. The van der Waals surface area contributed by atoms with Gasteiger partial charge in [0.25, 0.3) is 0 Å². The predicted molar refractivity (Wildman–Crippen MR) is 76.5 cm³/mol. The third kappa shape index (κ3) is 2.94. The Morgan fingerprint density at radius 3 is 2.83 bits per heavy atom. The first kappa shape index (κ1) is 14.0. The van der Waals surface area contributed by atoms with E-state index in [9.17, 15) is 0 Å². The summed E-state index contributed by atoms with van der Waals surface area (Å²) in [6, 6.07) is 0. The molecule has 0 spiro atoms. The topological polar surface area (TPSA) is 42.7 Å². The molecule has 0 aliphatic heterocycles. The van der Waals surface area contributed by atoms with E-state index in [4.69, 9.17) is 0 Å². The van der Waals surface area contributed by atoms with Crippen LogP contribution in [0.15, 0.2) is 4.60 Å². The van der Waals surface area contributed by atoms with Gasteiger partial charge >= 0.3 is 0 Å². The van der Waals surface area contributed by atoms with Crippen LogP contribution in [0.5, 0.6) is 0 Å². The van der Waals surface area contributed by atoms with Crippen LogP contribution in [0.25, 0.3) is 0 Å². The van der Waals surface area contributed by atoms with Gasteiger partial charge in [0, 0.05) is 13.0 Å². The van der Waals surface area contributed by atoms with Crippen LogP contribution >= 0.6 is 15.9 Å². The van der Waals surface area contributed by atoms with Gasteiger partial charge in [0.05, 0.1) is 5.69 Å². The van der Waals surface area contributed by atoms with Crippen molar-refractivity contribution >= 4 is 15.9 Å². The molecule has 3 unspecified atom stereocenters. The Balaban J connectivity index is 2.19. The van der Waals surface area contributed by atoms with E-state index in [1.807, 2.05) is 11.7 Å². The summed E-state index contributed by atoms with van der Waals surface area (Å²) in [4.78, 5) is 0. The highest BCUT2D eigenvalue weighted by Gasteiger charge is 2.33. The number of nitrogens with one attached hydrogen (secondary N) is 1. The third-order valence-electron chi connectivity index (χ3n) is 4.09. The molecule has 3 atom stereocenters. The molecular weight excluding hydrogens is 292 g/mol. The average Bonchev–Trinajstić information content (AvgIpc) is 2.67. The van der Waals surface area contributed by atoms with Crippen LogP contribution in [0.3, 0.4) is 0 Å². The van der Waals surface area contributed by atoms with E-state index in [1.54, 1.807) is 0 Å². The highest BCUT2D eigenvalue weighted by atomic mass is 79.9. The van der Waals surface area contributed by atoms with Gasteiger partial charge in [-0.25, -0.2) is 0 Å². The molecule has 5 heteroatoms. The van der Waals surface area contributed by atoms with Crippen molar-refractivity contribution in [3.05, 3.63) is 10.3 Å². The van der Waals surface area contributed by atoms with Crippen molar-refractivity contribution in [2.75, 3.05) is 13.1 Å². The summed E-state index contributed by atoms with van der Waals surface area (Å²) in [6.45, 7) is 6.67. The molecular formula is C13H23BrN4. The predicted octanol–water partition coefficient (Wildman–Crippen LogP) is 2.71. The lowest BCUT2D eigenvalue weighted by atomic mass is 9.73. The minimum absolute atomic E-state index is 0.571. The number of hydrogen-bond donors (Lipinski definition) is 1. The summed E-state index contributed by atoms with van der Waals surface area (Å²) in [5.41, 5.74) is 1.27. The number of aromatic nitrogens is 3. The molecule has 0 aromatic carbocycles. The van der Waals surface area contributed by atoms with E-state index in [2.05, 4.69) is 45.4 Å². The Morgan fingerprint density at radius 1 is 1.44 bits per heavy atom. The van der Waals surface area contributed by atoms with Gasteiger partial charge in [-0.05, 0) is 53.7 Å². The van der Waals surface area contributed by atoms with Crippen molar-refractivity contribution in [1.82, 2.24) is 20.3 Å². The molecule has 1 aliphatic carbocycles. The fourth-order valence-corrected chi connectivity index (χ4v) is 3.71. The van der Waals surface area contributed by atoms with Gasteiger partial charge in [-0.2, -0.15) is 0 Å². The molecule has 0 radical (unpaired) electrons. The highest BCUT2D eigenvalue weighted by Crippen LogP contribution is 2.41. The maximum Gasteiger partial charge on any atom is 0.151 e. The van der Waals surface area contributed by atoms with E-state index in [1.165, 1.54) is 25.0 Å². The first-order valence-corrected chi connectivity index (χ1v) is 7.68. The Labute approximate surface area is 118 Å². The minimum Gasteiger partial charge on any atom is -0.317 e. The van der Waals surface area contributed by atoms with Crippen molar-refractivity contribution in [3.63, 3.8) is 0 Å². The van der Waals surface area contributed by atoms with E-state index in [-0.39, 0.29) is 0 Å². The van der Waals surface area contributed by atoms with Crippen molar-refractivity contribution in [1.29, 1.82) is 0 Å². The second kappa shape index (κ2) is 6.15. The van der Waals surface area contributed by atoms with Crippen LogP contribution in [0.2, 0.25) is 0 Å². The molecule has 0 saturated heterocycles. The standard InChI is InChI=1S/C13H23BrN4/c1-4-15-8-10-6-5-9(2)7-11(10)12-13(14)16-17-18(12)3/h9-11,15H,4-8H2,1-3H3. The number of hydrogen-bond acceptors (Lipinski definition) is 3. The monoisotopic (exact) mass is 314 g/mol. The van der Waals surface area contributed by atoms with E-state index >= 15 is 0 Å². The molecule has 1 aliphatic rings. The molecule has 0 amide bonds. The van der Waals surface area contributed by atoms with Gasteiger partial charge in [0.15, 0.2) is 4.60 Å². The zero-order chi connectivity index (χ0) is 13.1. The second-order valence-corrected chi connectivity index (χ2v) is 6.23. The Morgan fingerprint density at radius 2 is 2.22 bits per heavy atom. The van der Waals surface area contributed by atoms with E-state index in [0.717, 1.165) is 23.6 Å². The maximum absolute atomic E-state index is 4.14. The van der Waals surface area contributed by atoms with E-state index in [0.29, 0.717) is 11.8 Å². The van der Waals surface area contributed by atoms with Gasteiger partial charge in [-0.1, -0.05) is 25.5 Å². The molecule has 102 valence electrons. The molecule has 1 aromatic rings. The maximum atomic E-state index is 4.14. The number of halogens is 1. The second-order valence-electron chi connectivity index (χ2n) is 5.48. The van der Waals surface area contributed by atoms with E-state index < -0.39 is 0 Å². The zero-order valence-electron chi connectivity index (χ0n) is 11.5. The number of rotatable bonds is 4. The first-order chi connectivity index (χ1) is 8.63. The van der Waals surface area contributed by atoms with Gasteiger partial charge in [0.1, 0.15) is 0 Å². The first-order valence-electron chi connectivity index (χ1n) is 6.89. The lowest BCUT2D eigenvalue weighted by molar-refractivity contribution is 0.234. The number of nitrogens with zero attached hydrogens (tertiary/aromatic N) is 3. The molecule has 0 bridgehead atoms. The van der Waals surface area contributed by atoms with Crippen molar-refractivity contribution in [2.45, 2.75) is 39.0 Å². The van der Waals surface area contributed by atoms with Gasteiger partial charge in [-0.15, -0.1) is 5.10 Å². The largest absolute Gasteiger partial charge is 0.317 e. The molecule has 1 saturated carbocycles. The van der Waals surface area contributed by atoms with Crippen molar-refractivity contribution < 1.29 is 0 Å². The van der Waals surface area contributed by atoms with Crippen LogP contribution < -0.4 is 5.32 Å². The fraction of sp³-hybridized carbons (Fsp3) is 0.846. The Hall–Kier alpha value is -0.420. The summed E-state index contributed by atoms with van der Waals surface area (Å²) >= 11 is 3.55. The summed E-state index contributed by atoms with van der Waals surface area (Å²) < 4.78 is 2.86. The van der Waals surface area contributed by atoms with Crippen LogP contribution in [-0.4, -0.2) is 28.1 Å². The quantitative estimate of drug-likeness (QED) is 0.929. The minimum atomic E-state index is 0.571. The molecule has 1 N–H and O–H groups in total. The fourth-order valence-electron chi connectivity index (χ4n) is 3.08. The molecule has 2 rings (SSSR count).